The van der Waals surface area contributed by atoms with Crippen LogP contribution in [0.15, 0.2) is 53.5 Å². The molecule has 2 N–H and O–H groups in total. The highest BCUT2D eigenvalue weighted by Crippen LogP contribution is 2.17. The van der Waals surface area contributed by atoms with Crippen LogP contribution in [0.3, 0.4) is 0 Å². The molecule has 0 saturated carbocycles. The summed E-state index contributed by atoms with van der Waals surface area (Å²) in [6.45, 7) is 4.49. The van der Waals surface area contributed by atoms with Gasteiger partial charge < -0.3 is 20.3 Å². The van der Waals surface area contributed by atoms with Crippen LogP contribution in [0.2, 0.25) is 0 Å². The van der Waals surface area contributed by atoms with E-state index in [9.17, 15) is 9.18 Å². The number of guanidine groups is 1. The van der Waals surface area contributed by atoms with Gasteiger partial charge in [0, 0.05) is 32.4 Å². The van der Waals surface area contributed by atoms with Crippen molar-refractivity contribution in [2.24, 2.45) is 4.99 Å². The van der Waals surface area contributed by atoms with Crippen molar-refractivity contribution in [2.75, 3.05) is 25.5 Å². The number of anilines is 1. The standard InChI is InChI=1S/C23H29FN4O2.HI/c1-3-25-23(28(2)16-17-9-11-19(24)12-10-17)26-15-18-6-4-7-20(14-18)27-22(29)21-8-5-13-30-21;/h4,6-7,9-12,14,21H,3,5,8,13,15-16H2,1-2H3,(H,25,26)(H,27,29);1H. The number of rotatable bonds is 7. The Bertz CT molecular complexity index is 870. The summed E-state index contributed by atoms with van der Waals surface area (Å²) in [5.74, 6) is 0.421. The Kier molecular flexibility index (Phi) is 10.2. The highest BCUT2D eigenvalue weighted by atomic mass is 127. The molecule has 1 amide bonds. The first-order valence-electron chi connectivity index (χ1n) is 10.3. The van der Waals surface area contributed by atoms with Crippen molar-refractivity contribution in [1.29, 1.82) is 0 Å². The lowest BCUT2D eigenvalue weighted by molar-refractivity contribution is -0.124. The number of nitrogens with zero attached hydrogens (tertiary/aromatic N) is 2. The number of carbonyl (C=O) groups is 1. The Morgan fingerprint density at radius 2 is 2.00 bits per heavy atom. The molecule has 0 aromatic heterocycles. The Labute approximate surface area is 200 Å². The maximum atomic E-state index is 13.1. The van der Waals surface area contributed by atoms with Gasteiger partial charge >= 0.3 is 0 Å². The number of aliphatic imine (C=N–C) groups is 1. The summed E-state index contributed by atoms with van der Waals surface area (Å²) in [4.78, 5) is 19.0. The van der Waals surface area contributed by atoms with Gasteiger partial charge in [-0.15, -0.1) is 24.0 Å². The summed E-state index contributed by atoms with van der Waals surface area (Å²) >= 11 is 0. The van der Waals surface area contributed by atoms with Gasteiger partial charge in [-0.25, -0.2) is 9.38 Å². The van der Waals surface area contributed by atoms with Gasteiger partial charge in [-0.1, -0.05) is 24.3 Å². The average Bonchev–Trinajstić information content (AvgIpc) is 3.28. The number of hydrogen-bond donors (Lipinski definition) is 2. The number of benzene rings is 2. The number of nitrogens with one attached hydrogen (secondary N) is 2. The van der Waals surface area contributed by atoms with E-state index in [0.29, 0.717) is 19.7 Å². The molecular weight excluding hydrogens is 510 g/mol. The molecule has 1 aliphatic rings. The molecule has 1 saturated heterocycles. The van der Waals surface area contributed by atoms with Crippen LogP contribution in [-0.2, 0) is 22.6 Å². The van der Waals surface area contributed by atoms with Crippen LogP contribution in [0.5, 0.6) is 0 Å². The van der Waals surface area contributed by atoms with Gasteiger partial charge in [0.05, 0.1) is 6.54 Å². The zero-order valence-electron chi connectivity index (χ0n) is 17.9. The number of amides is 1. The molecule has 1 atom stereocenters. The van der Waals surface area contributed by atoms with Crippen molar-refractivity contribution in [1.82, 2.24) is 10.2 Å². The summed E-state index contributed by atoms with van der Waals surface area (Å²) in [6, 6.07) is 14.2. The van der Waals surface area contributed by atoms with Crippen molar-refractivity contribution < 1.29 is 13.9 Å². The molecule has 1 aliphatic heterocycles. The molecule has 31 heavy (non-hydrogen) atoms. The fourth-order valence-corrected chi connectivity index (χ4v) is 3.33. The SMILES string of the molecule is CCNC(=NCc1cccc(NC(=O)C2CCCO2)c1)N(C)Cc1ccc(F)cc1.I. The van der Waals surface area contributed by atoms with E-state index in [0.717, 1.165) is 42.2 Å². The second-order valence-electron chi connectivity index (χ2n) is 7.34. The van der Waals surface area contributed by atoms with Gasteiger partial charge in [-0.05, 0) is 55.2 Å². The summed E-state index contributed by atoms with van der Waals surface area (Å²) in [5.41, 5.74) is 2.74. The minimum Gasteiger partial charge on any atom is -0.368 e. The van der Waals surface area contributed by atoms with Crippen LogP contribution in [0.25, 0.3) is 0 Å². The minimum absolute atomic E-state index is 0. The second-order valence-corrected chi connectivity index (χ2v) is 7.34. The highest BCUT2D eigenvalue weighted by Gasteiger charge is 2.23. The first-order chi connectivity index (χ1) is 14.5. The molecule has 0 bridgehead atoms. The van der Waals surface area contributed by atoms with Crippen molar-refractivity contribution in [3.8, 4) is 0 Å². The number of carbonyl (C=O) groups excluding carboxylic acids is 1. The molecular formula is C23H30FIN4O2. The van der Waals surface area contributed by atoms with Crippen LogP contribution in [0, 0.1) is 5.82 Å². The fraction of sp³-hybridized carbons (Fsp3) is 0.391. The molecule has 1 unspecified atom stereocenters. The topological polar surface area (TPSA) is 66.0 Å². The molecule has 0 spiro atoms. The molecule has 2 aromatic rings. The zero-order valence-corrected chi connectivity index (χ0v) is 20.3. The smallest absolute Gasteiger partial charge is 0.253 e. The van der Waals surface area contributed by atoms with Crippen molar-refractivity contribution in [2.45, 2.75) is 39.0 Å². The summed E-state index contributed by atoms with van der Waals surface area (Å²) in [5, 5.41) is 6.21. The number of hydrogen-bond acceptors (Lipinski definition) is 3. The zero-order chi connectivity index (χ0) is 21.3. The first kappa shape index (κ1) is 25.1. The Balaban J connectivity index is 0.00000341. The lowest BCUT2D eigenvalue weighted by Gasteiger charge is -2.22. The Morgan fingerprint density at radius 3 is 2.68 bits per heavy atom. The van der Waals surface area contributed by atoms with Crippen LogP contribution in [0.1, 0.15) is 30.9 Å². The Morgan fingerprint density at radius 1 is 1.23 bits per heavy atom. The predicted molar refractivity (Wildman–Crippen MR) is 132 cm³/mol. The summed E-state index contributed by atoms with van der Waals surface area (Å²) in [7, 11) is 1.95. The first-order valence-corrected chi connectivity index (χ1v) is 10.3. The van der Waals surface area contributed by atoms with Crippen molar-refractivity contribution >= 4 is 41.5 Å². The van der Waals surface area contributed by atoms with Crippen LogP contribution < -0.4 is 10.6 Å². The third kappa shape index (κ3) is 7.77. The largest absolute Gasteiger partial charge is 0.368 e. The van der Waals surface area contributed by atoms with E-state index in [1.54, 1.807) is 12.1 Å². The van der Waals surface area contributed by atoms with Crippen LogP contribution in [0.4, 0.5) is 10.1 Å². The van der Waals surface area contributed by atoms with Crippen LogP contribution >= 0.6 is 24.0 Å². The highest BCUT2D eigenvalue weighted by molar-refractivity contribution is 14.0. The van der Waals surface area contributed by atoms with E-state index in [1.165, 1.54) is 12.1 Å². The lowest BCUT2D eigenvalue weighted by Crippen LogP contribution is -2.38. The molecule has 3 rings (SSSR count). The minimum atomic E-state index is -0.354. The molecule has 6 nitrogen and oxygen atoms in total. The fourth-order valence-electron chi connectivity index (χ4n) is 3.33. The second kappa shape index (κ2) is 12.6. The van der Waals surface area contributed by atoms with E-state index in [1.807, 2.05) is 43.1 Å². The van der Waals surface area contributed by atoms with E-state index in [4.69, 9.17) is 9.73 Å². The molecule has 8 heteroatoms. The van der Waals surface area contributed by atoms with Gasteiger partial charge in [0.15, 0.2) is 5.96 Å². The quantitative estimate of drug-likeness (QED) is 0.315. The molecule has 0 aliphatic carbocycles. The van der Waals surface area contributed by atoms with Gasteiger partial charge in [-0.3, -0.25) is 4.79 Å². The average molecular weight is 540 g/mol. The molecule has 168 valence electrons. The third-order valence-electron chi connectivity index (χ3n) is 4.86. The normalized spacial score (nSPS) is 15.8. The van der Waals surface area contributed by atoms with E-state index in [2.05, 4.69) is 10.6 Å². The van der Waals surface area contributed by atoms with Gasteiger partial charge in [0.25, 0.3) is 5.91 Å². The molecule has 2 aromatic carbocycles. The summed E-state index contributed by atoms with van der Waals surface area (Å²) in [6.07, 6.45) is 1.33. The lowest BCUT2D eigenvalue weighted by atomic mass is 10.2. The molecule has 1 heterocycles. The monoisotopic (exact) mass is 540 g/mol. The van der Waals surface area contributed by atoms with Crippen molar-refractivity contribution in [3.05, 3.63) is 65.5 Å². The van der Waals surface area contributed by atoms with Gasteiger partial charge in [0.2, 0.25) is 0 Å². The maximum absolute atomic E-state index is 13.1. The molecule has 0 radical (unpaired) electrons. The van der Waals surface area contributed by atoms with Gasteiger partial charge in [0.1, 0.15) is 11.9 Å². The third-order valence-corrected chi connectivity index (χ3v) is 4.86. The Hall–Kier alpha value is -2.20. The van der Waals surface area contributed by atoms with E-state index >= 15 is 0 Å². The number of ether oxygens (including phenoxy) is 1. The van der Waals surface area contributed by atoms with Gasteiger partial charge in [-0.2, -0.15) is 0 Å². The summed E-state index contributed by atoms with van der Waals surface area (Å²) < 4.78 is 18.6. The van der Waals surface area contributed by atoms with Crippen molar-refractivity contribution in [3.63, 3.8) is 0 Å². The molecule has 1 fully saturated rings. The maximum Gasteiger partial charge on any atom is 0.253 e. The van der Waals surface area contributed by atoms with E-state index in [-0.39, 0.29) is 41.8 Å². The number of halogens is 2. The van der Waals surface area contributed by atoms with Crippen LogP contribution in [-0.4, -0.2) is 43.1 Å². The van der Waals surface area contributed by atoms with E-state index < -0.39 is 0 Å². The predicted octanol–water partition coefficient (Wildman–Crippen LogP) is 4.16.